The van der Waals surface area contributed by atoms with E-state index >= 15 is 0 Å². The van der Waals surface area contributed by atoms with Crippen molar-refractivity contribution in [1.29, 1.82) is 0 Å². The lowest BCUT2D eigenvalue weighted by atomic mass is 9.83. The Kier molecular flexibility index (Phi) is 7.93. The lowest BCUT2D eigenvalue weighted by molar-refractivity contribution is 1.58. The topological polar surface area (TPSA) is 0 Å². The summed E-state index contributed by atoms with van der Waals surface area (Å²) < 4.78 is 0. The van der Waals surface area contributed by atoms with Gasteiger partial charge < -0.3 is 0 Å². The molecule has 0 heteroatoms. The summed E-state index contributed by atoms with van der Waals surface area (Å²) in [6, 6.07) is 75.3. The van der Waals surface area contributed by atoms with Crippen molar-refractivity contribution < 1.29 is 0 Å². The summed E-state index contributed by atoms with van der Waals surface area (Å²) in [5.74, 6) is 0. The molecule has 0 aromatic heterocycles. The molecule has 0 spiro atoms. The van der Waals surface area contributed by atoms with Gasteiger partial charge in [-0.3, -0.25) is 0 Å². The molecule has 0 atom stereocenters. The van der Waals surface area contributed by atoms with Crippen molar-refractivity contribution in [2.75, 3.05) is 0 Å². The van der Waals surface area contributed by atoms with Crippen LogP contribution in [0.25, 0.3) is 99.7 Å². The minimum atomic E-state index is 1.19. The molecular weight excluding hydrogens is 649 g/mol. The average Bonchev–Trinajstić information content (AvgIpc) is 3.25. The Morgan fingerprint density at radius 2 is 0.667 bits per heavy atom. The highest BCUT2D eigenvalue weighted by molar-refractivity contribution is 6.25. The molecule has 10 rings (SSSR count). The molecule has 54 heavy (non-hydrogen) atoms. The SMILES string of the molecule is C(=Cc1cccc(-c2ccc(-c3ccc4c(-c5cccc6ccccc56)c5ccccc5c(-c5cccc6ccccc56)c4c3)cc2)c1)c1ccccc1. The standard InChI is InChI=1S/C54H36/c1-2-13-37(14-3-1)27-28-38-15-10-20-43(35-38)39-29-31-40(32-30-39)44-33-34-51-52(36-44)54(48-26-12-19-42-17-5-7-22-46(42)48)50-24-9-8-23-49(50)53(51)47-25-11-18-41-16-4-6-21-45(41)47/h1-36H. The van der Waals surface area contributed by atoms with Crippen molar-refractivity contribution in [2.45, 2.75) is 0 Å². The lowest BCUT2D eigenvalue weighted by Crippen LogP contribution is -1.93. The van der Waals surface area contributed by atoms with Crippen LogP contribution in [0.3, 0.4) is 0 Å². The summed E-state index contributed by atoms with van der Waals surface area (Å²) in [6.07, 6.45) is 4.36. The highest BCUT2D eigenvalue weighted by Gasteiger charge is 2.20. The molecular formula is C54H36. The first kappa shape index (κ1) is 31.7. The van der Waals surface area contributed by atoms with Crippen LogP contribution in [0.15, 0.2) is 206 Å². The van der Waals surface area contributed by atoms with E-state index in [1.54, 1.807) is 0 Å². The van der Waals surface area contributed by atoms with Gasteiger partial charge in [0.15, 0.2) is 0 Å². The number of fused-ring (bicyclic) bond motifs is 4. The highest BCUT2D eigenvalue weighted by Crippen LogP contribution is 2.47. The van der Waals surface area contributed by atoms with Crippen molar-refractivity contribution in [3.63, 3.8) is 0 Å². The van der Waals surface area contributed by atoms with Crippen molar-refractivity contribution in [2.24, 2.45) is 0 Å². The van der Waals surface area contributed by atoms with Gasteiger partial charge in [0.1, 0.15) is 0 Å². The molecule has 0 unspecified atom stereocenters. The van der Waals surface area contributed by atoms with E-state index in [-0.39, 0.29) is 0 Å². The minimum Gasteiger partial charge on any atom is -0.0622 e. The van der Waals surface area contributed by atoms with E-state index < -0.39 is 0 Å². The number of hydrogen-bond donors (Lipinski definition) is 0. The van der Waals surface area contributed by atoms with Gasteiger partial charge in [0.05, 0.1) is 0 Å². The first-order valence-electron chi connectivity index (χ1n) is 18.7. The third-order valence-corrected chi connectivity index (χ3v) is 10.8. The Bertz CT molecular complexity index is 3010. The van der Waals surface area contributed by atoms with Gasteiger partial charge in [-0.05, 0) is 111 Å². The molecule has 0 heterocycles. The Morgan fingerprint density at radius 3 is 1.30 bits per heavy atom. The third kappa shape index (κ3) is 5.66. The fourth-order valence-electron chi connectivity index (χ4n) is 8.26. The van der Waals surface area contributed by atoms with Crippen LogP contribution in [0.1, 0.15) is 11.1 Å². The molecule has 0 saturated heterocycles. The quantitative estimate of drug-likeness (QED) is 0.121. The van der Waals surface area contributed by atoms with Crippen LogP contribution in [0.4, 0.5) is 0 Å². The summed E-state index contributed by atoms with van der Waals surface area (Å²) in [6.45, 7) is 0. The van der Waals surface area contributed by atoms with Gasteiger partial charge in [-0.2, -0.15) is 0 Å². The highest BCUT2D eigenvalue weighted by atomic mass is 14.2. The molecule has 0 radical (unpaired) electrons. The number of rotatable bonds is 6. The van der Waals surface area contributed by atoms with Gasteiger partial charge in [-0.15, -0.1) is 0 Å². The molecule has 0 nitrogen and oxygen atoms in total. The molecule has 0 fully saturated rings. The van der Waals surface area contributed by atoms with E-state index in [9.17, 15) is 0 Å². The summed E-state index contributed by atoms with van der Waals surface area (Å²) in [4.78, 5) is 0. The maximum atomic E-state index is 2.43. The average molecular weight is 685 g/mol. The second kappa shape index (κ2) is 13.5. The monoisotopic (exact) mass is 684 g/mol. The molecule has 0 aliphatic heterocycles. The second-order valence-corrected chi connectivity index (χ2v) is 14.1. The normalized spacial score (nSPS) is 11.6. The fourth-order valence-corrected chi connectivity index (χ4v) is 8.26. The van der Waals surface area contributed by atoms with Crippen LogP contribution >= 0.6 is 0 Å². The van der Waals surface area contributed by atoms with Gasteiger partial charge in [-0.1, -0.05) is 206 Å². The second-order valence-electron chi connectivity index (χ2n) is 14.1. The van der Waals surface area contributed by atoms with E-state index in [1.807, 2.05) is 0 Å². The predicted octanol–water partition coefficient (Wildman–Crippen LogP) is 15.1. The van der Waals surface area contributed by atoms with Gasteiger partial charge in [0.2, 0.25) is 0 Å². The van der Waals surface area contributed by atoms with E-state index in [0.29, 0.717) is 0 Å². The van der Waals surface area contributed by atoms with Crippen LogP contribution < -0.4 is 0 Å². The number of hydrogen-bond acceptors (Lipinski definition) is 0. The Morgan fingerprint density at radius 1 is 0.241 bits per heavy atom. The van der Waals surface area contributed by atoms with Gasteiger partial charge in [0.25, 0.3) is 0 Å². The zero-order valence-electron chi connectivity index (χ0n) is 29.8. The third-order valence-electron chi connectivity index (χ3n) is 10.8. The zero-order chi connectivity index (χ0) is 35.8. The van der Waals surface area contributed by atoms with E-state index in [1.165, 1.54) is 98.7 Å². The van der Waals surface area contributed by atoms with Crippen molar-refractivity contribution >= 4 is 55.2 Å². The van der Waals surface area contributed by atoms with Gasteiger partial charge in [-0.25, -0.2) is 0 Å². The van der Waals surface area contributed by atoms with Crippen LogP contribution in [0.2, 0.25) is 0 Å². The van der Waals surface area contributed by atoms with Crippen LogP contribution in [0.5, 0.6) is 0 Å². The molecule has 0 aliphatic carbocycles. The smallest absolute Gasteiger partial charge is 0.00199 e. The van der Waals surface area contributed by atoms with E-state index in [4.69, 9.17) is 0 Å². The summed E-state index contributed by atoms with van der Waals surface area (Å²) in [5, 5.41) is 10.1. The molecule has 10 aromatic rings. The molecule has 0 amide bonds. The maximum absolute atomic E-state index is 2.43. The largest absolute Gasteiger partial charge is 0.0622 e. The summed E-state index contributed by atoms with van der Waals surface area (Å²) in [7, 11) is 0. The van der Waals surface area contributed by atoms with Crippen molar-refractivity contribution in [1.82, 2.24) is 0 Å². The van der Waals surface area contributed by atoms with Gasteiger partial charge >= 0.3 is 0 Å². The molecule has 0 N–H and O–H groups in total. The van der Waals surface area contributed by atoms with E-state index in [2.05, 4.69) is 218 Å². The van der Waals surface area contributed by atoms with Gasteiger partial charge in [0, 0.05) is 0 Å². The Balaban J connectivity index is 1.16. The predicted molar refractivity (Wildman–Crippen MR) is 234 cm³/mol. The fraction of sp³-hybridized carbons (Fsp3) is 0. The molecule has 0 bridgehead atoms. The van der Waals surface area contributed by atoms with Crippen LogP contribution in [0, 0.1) is 0 Å². The number of benzene rings is 10. The molecule has 0 aliphatic rings. The summed E-state index contributed by atoms with van der Waals surface area (Å²) in [5.41, 5.74) is 12.3. The van der Waals surface area contributed by atoms with Crippen molar-refractivity contribution in [3.8, 4) is 44.5 Å². The first-order valence-corrected chi connectivity index (χ1v) is 18.7. The molecule has 0 saturated carbocycles. The first-order chi connectivity index (χ1) is 26.8. The zero-order valence-corrected chi connectivity index (χ0v) is 29.8. The van der Waals surface area contributed by atoms with Crippen LogP contribution in [-0.2, 0) is 0 Å². The Hall–Kier alpha value is -7.02. The van der Waals surface area contributed by atoms with Crippen LogP contribution in [-0.4, -0.2) is 0 Å². The Labute approximate surface area is 315 Å². The molecule has 10 aromatic carbocycles. The lowest BCUT2D eigenvalue weighted by Gasteiger charge is -2.20. The van der Waals surface area contributed by atoms with E-state index in [0.717, 1.165) is 0 Å². The molecule has 252 valence electrons. The minimum absolute atomic E-state index is 1.19. The summed E-state index contributed by atoms with van der Waals surface area (Å²) >= 11 is 0. The van der Waals surface area contributed by atoms with Crippen molar-refractivity contribution in [3.05, 3.63) is 217 Å². The maximum Gasteiger partial charge on any atom is -0.00199 e.